The number of methoxy groups -OCH3 is 3. The molecule has 20 atom stereocenters. The number of aliphatic hydroxyl groups is 4. The van der Waals surface area contributed by atoms with E-state index < -0.39 is 123 Å². The molecule has 5 aliphatic heterocycles. The summed E-state index contributed by atoms with van der Waals surface area (Å²) in [7, 11) is 4.43. The van der Waals surface area contributed by atoms with Crippen LogP contribution in [-0.4, -0.2) is 171 Å². The Balaban J connectivity index is 1.11. The number of carbonyl (C=O) groups is 1. The van der Waals surface area contributed by atoms with Gasteiger partial charge in [-0.3, -0.25) is 4.79 Å². The molecule has 0 aromatic heterocycles. The van der Waals surface area contributed by atoms with E-state index in [2.05, 4.69) is 0 Å². The maximum Gasteiger partial charge on any atom is 0.308 e. The van der Waals surface area contributed by atoms with Crippen LogP contribution < -0.4 is 0 Å². The van der Waals surface area contributed by atoms with Crippen LogP contribution in [0.3, 0.4) is 0 Å². The van der Waals surface area contributed by atoms with Gasteiger partial charge >= 0.3 is 5.97 Å². The molecule has 17 nitrogen and oxygen atoms in total. The van der Waals surface area contributed by atoms with Crippen LogP contribution in [0.15, 0.2) is 0 Å². The smallest absolute Gasteiger partial charge is 0.308 e. The van der Waals surface area contributed by atoms with E-state index in [-0.39, 0.29) is 31.7 Å². The quantitative estimate of drug-likeness (QED) is 0.198. The van der Waals surface area contributed by atoms with Crippen LogP contribution in [0, 0.1) is 0 Å². The van der Waals surface area contributed by atoms with Gasteiger partial charge in [-0.15, -0.1) is 0 Å². The Morgan fingerprint density at radius 3 is 1.50 bits per heavy atom. The van der Waals surface area contributed by atoms with E-state index in [1.807, 2.05) is 0 Å². The fourth-order valence-corrected chi connectivity index (χ4v) is 7.52. The molecule has 290 valence electrons. The normalized spacial score (nSPS) is 50.5. The molecule has 0 aliphatic carbocycles. The number of hydrogen-bond donors (Lipinski definition) is 4. The summed E-state index contributed by atoms with van der Waals surface area (Å²) in [5.41, 5.74) is 0. The molecule has 0 amide bonds. The molecule has 5 heterocycles. The largest absolute Gasteiger partial charge is 0.460 e. The van der Waals surface area contributed by atoms with Crippen LogP contribution in [-0.2, 0) is 61.6 Å². The van der Waals surface area contributed by atoms with Gasteiger partial charge in [-0.1, -0.05) is 0 Å². The highest BCUT2D eigenvalue weighted by Gasteiger charge is 2.50. The molecular formula is C33H56O17. The zero-order chi connectivity index (χ0) is 36.4. The average molecular weight is 725 g/mol. The first-order valence-electron chi connectivity index (χ1n) is 17.5. The molecule has 0 radical (unpaired) electrons. The number of ether oxygens (including phenoxy) is 12. The third-order valence-electron chi connectivity index (χ3n) is 10.3. The molecule has 5 saturated heterocycles. The Morgan fingerprint density at radius 2 is 1.00 bits per heavy atom. The standard InChI is InChI=1S/C33H56O17/c1-13-26(37)32(41-8)27(38)33(46-13)50-31-17(5)45-25(12-21(31)40-7)48-29-15(3)43-23(9-18(29)34)47-28-14(2)44-24(10-19(28)35)49-30-16(4)42-22(36)11-20(30)39-6/h13-21,23-35,37-38H,9-12H2,1-8H3/t13-,14-,15-,16+,17-,18+,19+,20+,21+,23+,24+,25+,26+,27-,28-,29-,30+,31-,32+,33+/m1/s1. The van der Waals surface area contributed by atoms with E-state index in [9.17, 15) is 25.2 Å². The Labute approximate surface area is 292 Å². The van der Waals surface area contributed by atoms with Gasteiger partial charge in [-0.25, -0.2) is 0 Å². The molecule has 5 rings (SSSR count). The van der Waals surface area contributed by atoms with Gasteiger partial charge in [0.15, 0.2) is 25.2 Å². The fourth-order valence-electron chi connectivity index (χ4n) is 7.52. The second kappa shape index (κ2) is 17.3. The van der Waals surface area contributed by atoms with Gasteiger partial charge in [0.25, 0.3) is 0 Å². The molecule has 5 aliphatic rings. The second-order valence-electron chi connectivity index (χ2n) is 13.9. The van der Waals surface area contributed by atoms with Crippen molar-refractivity contribution in [2.45, 2.75) is 183 Å². The Hall–Kier alpha value is -1.13. The van der Waals surface area contributed by atoms with E-state index >= 15 is 0 Å². The summed E-state index contributed by atoms with van der Waals surface area (Å²) in [6.07, 6.45) is -14.9. The van der Waals surface area contributed by atoms with Gasteiger partial charge in [-0.2, -0.15) is 0 Å². The van der Waals surface area contributed by atoms with Gasteiger partial charge in [0.05, 0.1) is 55.3 Å². The predicted molar refractivity (Wildman–Crippen MR) is 167 cm³/mol. The molecule has 0 saturated carbocycles. The lowest BCUT2D eigenvalue weighted by atomic mass is 9.98. The lowest BCUT2D eigenvalue weighted by Gasteiger charge is -2.47. The summed E-state index contributed by atoms with van der Waals surface area (Å²) in [6.45, 7) is 8.68. The van der Waals surface area contributed by atoms with Crippen LogP contribution in [0.5, 0.6) is 0 Å². The van der Waals surface area contributed by atoms with E-state index in [0.717, 1.165) is 0 Å². The molecule has 0 aromatic carbocycles. The highest BCUT2D eigenvalue weighted by molar-refractivity contribution is 5.71. The average Bonchev–Trinajstić information content (AvgIpc) is 3.05. The maximum atomic E-state index is 11.8. The van der Waals surface area contributed by atoms with Crippen molar-refractivity contribution in [2.75, 3.05) is 21.3 Å². The molecule has 0 spiro atoms. The fraction of sp³-hybridized carbons (Fsp3) is 0.970. The lowest BCUT2D eigenvalue weighted by molar-refractivity contribution is -0.355. The lowest BCUT2D eigenvalue weighted by Crippen LogP contribution is -2.61. The van der Waals surface area contributed by atoms with Gasteiger partial charge in [0, 0.05) is 40.6 Å². The zero-order valence-electron chi connectivity index (χ0n) is 30.0. The van der Waals surface area contributed by atoms with Crippen LogP contribution in [0.2, 0.25) is 0 Å². The number of rotatable bonds is 11. The molecular weight excluding hydrogens is 668 g/mol. The Kier molecular flexibility index (Phi) is 13.9. The summed E-state index contributed by atoms with van der Waals surface area (Å²) < 4.78 is 70.4. The Bertz CT molecular complexity index is 1060. The maximum absolute atomic E-state index is 11.8. The number of carbonyl (C=O) groups excluding carboxylic acids is 1. The number of aliphatic hydroxyl groups excluding tert-OH is 4. The van der Waals surface area contributed by atoms with Gasteiger partial charge in [0.1, 0.15) is 48.8 Å². The minimum Gasteiger partial charge on any atom is -0.460 e. The number of hydrogen-bond acceptors (Lipinski definition) is 17. The summed E-state index contributed by atoms with van der Waals surface area (Å²) in [5, 5.41) is 43.3. The van der Waals surface area contributed by atoms with Crippen LogP contribution >= 0.6 is 0 Å². The van der Waals surface area contributed by atoms with Crippen molar-refractivity contribution in [1.82, 2.24) is 0 Å². The van der Waals surface area contributed by atoms with Crippen molar-refractivity contribution in [1.29, 1.82) is 0 Å². The molecule has 50 heavy (non-hydrogen) atoms. The monoisotopic (exact) mass is 724 g/mol. The topological polar surface area (TPSA) is 209 Å². The second-order valence-corrected chi connectivity index (χ2v) is 13.9. The SMILES string of the molecule is CO[C@H]1[C@@H](O)[C@@H](C)O[C@@H](O[C@H]2[C@@H](OC)C[C@H](O[C@H]3[C@@H](O)C[C@H](O[C@H]4[C@@H](O)C[C@H](O[C@H]5[C@H](C)OC(=O)C[C@@H]5OC)O[C@@H]4C)O[C@@H]3C)O[C@@H]2C)[C@@H]1O. The molecule has 0 aromatic rings. The van der Waals surface area contributed by atoms with Crippen molar-refractivity contribution in [2.24, 2.45) is 0 Å². The van der Waals surface area contributed by atoms with Gasteiger partial charge in [0.2, 0.25) is 0 Å². The van der Waals surface area contributed by atoms with E-state index in [4.69, 9.17) is 56.8 Å². The highest BCUT2D eigenvalue weighted by atomic mass is 16.8. The predicted octanol–water partition coefficient (Wildman–Crippen LogP) is -0.499. The van der Waals surface area contributed by atoms with E-state index in [0.29, 0.717) is 0 Å². The van der Waals surface area contributed by atoms with E-state index in [1.165, 1.54) is 21.3 Å². The zero-order valence-corrected chi connectivity index (χ0v) is 30.0. The summed E-state index contributed by atoms with van der Waals surface area (Å²) in [4.78, 5) is 11.8. The van der Waals surface area contributed by atoms with E-state index in [1.54, 1.807) is 34.6 Å². The van der Waals surface area contributed by atoms with Gasteiger partial charge < -0.3 is 77.3 Å². The summed E-state index contributed by atoms with van der Waals surface area (Å²) in [6, 6.07) is 0. The van der Waals surface area contributed by atoms with Crippen molar-refractivity contribution < 1.29 is 82.1 Å². The van der Waals surface area contributed by atoms with Crippen molar-refractivity contribution in [3.05, 3.63) is 0 Å². The highest BCUT2D eigenvalue weighted by Crippen LogP contribution is 2.35. The van der Waals surface area contributed by atoms with Crippen LogP contribution in [0.4, 0.5) is 0 Å². The molecule has 17 heteroatoms. The number of cyclic esters (lactones) is 1. The minimum absolute atomic E-state index is 0.0580. The first-order valence-corrected chi connectivity index (χ1v) is 17.5. The van der Waals surface area contributed by atoms with Crippen LogP contribution in [0.25, 0.3) is 0 Å². The van der Waals surface area contributed by atoms with Gasteiger partial charge in [-0.05, 0) is 34.6 Å². The molecule has 4 N–H and O–H groups in total. The van der Waals surface area contributed by atoms with Crippen molar-refractivity contribution in [3.8, 4) is 0 Å². The Morgan fingerprint density at radius 1 is 0.520 bits per heavy atom. The molecule has 0 bridgehead atoms. The summed E-state index contributed by atoms with van der Waals surface area (Å²) in [5.74, 6) is -0.365. The third kappa shape index (κ3) is 8.97. The summed E-state index contributed by atoms with van der Waals surface area (Å²) >= 11 is 0. The minimum atomic E-state index is -1.24. The first-order chi connectivity index (χ1) is 23.7. The van der Waals surface area contributed by atoms with Crippen molar-refractivity contribution in [3.63, 3.8) is 0 Å². The molecule has 0 unspecified atom stereocenters. The molecule has 5 fully saturated rings. The first kappa shape index (κ1) is 40.1. The van der Waals surface area contributed by atoms with Crippen LogP contribution in [0.1, 0.15) is 60.3 Å². The van der Waals surface area contributed by atoms with Crippen molar-refractivity contribution >= 4 is 5.97 Å². The third-order valence-corrected chi connectivity index (χ3v) is 10.3. The number of esters is 1.